The minimum absolute atomic E-state index is 0.122. The zero-order valence-electron chi connectivity index (χ0n) is 11.8. The number of hydrogen-bond donors (Lipinski definition) is 2. The molecule has 3 nitrogen and oxygen atoms in total. The Kier molecular flexibility index (Phi) is 3.05. The van der Waals surface area contributed by atoms with Crippen LogP contribution in [0.2, 0.25) is 0 Å². The molecule has 0 amide bonds. The molecule has 0 spiro atoms. The summed E-state index contributed by atoms with van der Waals surface area (Å²) in [6.07, 6.45) is 0.947. The van der Waals surface area contributed by atoms with Crippen molar-refractivity contribution in [3.05, 3.63) is 53.6 Å². The molecular formula is C17H19NO2. The van der Waals surface area contributed by atoms with Gasteiger partial charge in [-0.1, -0.05) is 24.3 Å². The van der Waals surface area contributed by atoms with Crippen LogP contribution in [0.15, 0.2) is 42.5 Å². The quantitative estimate of drug-likeness (QED) is 0.892. The van der Waals surface area contributed by atoms with Crippen LogP contribution >= 0.6 is 0 Å². The molecule has 1 heterocycles. The first kappa shape index (κ1) is 12.9. The second-order valence-electron chi connectivity index (χ2n) is 5.85. The molecule has 3 heteroatoms. The van der Waals surface area contributed by atoms with E-state index in [9.17, 15) is 5.11 Å². The van der Waals surface area contributed by atoms with Crippen molar-refractivity contribution >= 4 is 5.69 Å². The Hall–Kier alpha value is -2.16. The molecule has 0 unspecified atom stereocenters. The van der Waals surface area contributed by atoms with E-state index in [1.54, 1.807) is 12.1 Å². The van der Waals surface area contributed by atoms with Crippen molar-refractivity contribution in [3.63, 3.8) is 0 Å². The van der Waals surface area contributed by atoms with E-state index in [-0.39, 0.29) is 11.4 Å². The lowest BCUT2D eigenvalue weighted by Gasteiger charge is -2.18. The first-order valence-corrected chi connectivity index (χ1v) is 6.86. The number of phenolic OH excluding ortho intramolecular Hbond substituents is 1. The molecule has 0 bridgehead atoms. The van der Waals surface area contributed by atoms with Gasteiger partial charge in [0.15, 0.2) is 0 Å². The molecule has 0 radical (unpaired) electrons. The van der Waals surface area contributed by atoms with Gasteiger partial charge >= 0.3 is 0 Å². The van der Waals surface area contributed by atoms with E-state index in [1.165, 1.54) is 5.56 Å². The Morgan fingerprint density at radius 3 is 2.80 bits per heavy atom. The van der Waals surface area contributed by atoms with Gasteiger partial charge in [-0.2, -0.15) is 0 Å². The molecule has 104 valence electrons. The van der Waals surface area contributed by atoms with Crippen molar-refractivity contribution in [1.82, 2.24) is 0 Å². The molecule has 1 aliphatic heterocycles. The molecule has 3 rings (SSSR count). The molecule has 2 N–H and O–H groups in total. The van der Waals surface area contributed by atoms with Crippen LogP contribution in [0, 0.1) is 0 Å². The molecular weight excluding hydrogens is 250 g/mol. The van der Waals surface area contributed by atoms with Crippen LogP contribution in [0.1, 0.15) is 25.0 Å². The average molecular weight is 269 g/mol. The van der Waals surface area contributed by atoms with Gasteiger partial charge in [-0.3, -0.25) is 0 Å². The number of ether oxygens (including phenoxy) is 1. The van der Waals surface area contributed by atoms with Gasteiger partial charge in [0.05, 0.1) is 0 Å². The third kappa shape index (κ3) is 2.57. The first-order valence-electron chi connectivity index (χ1n) is 6.86. The van der Waals surface area contributed by atoms with Crippen molar-refractivity contribution in [1.29, 1.82) is 0 Å². The third-order valence-corrected chi connectivity index (χ3v) is 3.50. The van der Waals surface area contributed by atoms with E-state index in [2.05, 4.69) is 37.4 Å². The Morgan fingerprint density at radius 1 is 1.20 bits per heavy atom. The molecule has 20 heavy (non-hydrogen) atoms. The summed E-state index contributed by atoms with van der Waals surface area (Å²) in [5, 5.41) is 12.8. The highest BCUT2D eigenvalue weighted by Crippen LogP contribution is 2.37. The van der Waals surface area contributed by atoms with E-state index in [0.717, 1.165) is 23.4 Å². The van der Waals surface area contributed by atoms with E-state index in [0.29, 0.717) is 6.54 Å². The lowest BCUT2D eigenvalue weighted by atomic mass is 10.0. The minimum Gasteiger partial charge on any atom is -0.508 e. The fourth-order valence-corrected chi connectivity index (χ4v) is 2.63. The first-order chi connectivity index (χ1) is 9.53. The summed E-state index contributed by atoms with van der Waals surface area (Å²) in [6, 6.07) is 13.4. The molecule has 0 fully saturated rings. The number of phenols is 1. The van der Waals surface area contributed by atoms with E-state index in [1.807, 2.05) is 12.1 Å². The van der Waals surface area contributed by atoms with E-state index in [4.69, 9.17) is 4.74 Å². The van der Waals surface area contributed by atoms with Crippen LogP contribution < -0.4 is 10.1 Å². The summed E-state index contributed by atoms with van der Waals surface area (Å²) in [4.78, 5) is 0. The van der Waals surface area contributed by atoms with Crippen molar-refractivity contribution in [2.45, 2.75) is 32.4 Å². The van der Waals surface area contributed by atoms with Gasteiger partial charge in [0.25, 0.3) is 0 Å². The zero-order valence-corrected chi connectivity index (χ0v) is 11.8. The summed E-state index contributed by atoms with van der Waals surface area (Å²) in [6.45, 7) is 4.90. The minimum atomic E-state index is -0.122. The van der Waals surface area contributed by atoms with Crippen LogP contribution in [0.25, 0.3) is 0 Å². The maximum Gasteiger partial charge on any atom is 0.128 e. The summed E-state index contributed by atoms with van der Waals surface area (Å²) in [5.74, 6) is 1.27. The monoisotopic (exact) mass is 269 g/mol. The third-order valence-electron chi connectivity index (χ3n) is 3.50. The lowest BCUT2D eigenvalue weighted by Crippen LogP contribution is -2.25. The number of para-hydroxylation sites is 1. The summed E-state index contributed by atoms with van der Waals surface area (Å²) in [7, 11) is 0. The normalized spacial score (nSPS) is 15.5. The number of anilines is 1. The van der Waals surface area contributed by atoms with Crippen LogP contribution in [-0.2, 0) is 13.0 Å². The lowest BCUT2D eigenvalue weighted by molar-refractivity contribution is 0.137. The van der Waals surface area contributed by atoms with Crippen molar-refractivity contribution in [3.8, 4) is 11.5 Å². The van der Waals surface area contributed by atoms with Gasteiger partial charge in [-0.05, 0) is 31.5 Å². The SMILES string of the molecule is CC1(C)Cc2cccc(CNc3cccc(O)c3)c2O1. The highest BCUT2D eigenvalue weighted by molar-refractivity contribution is 5.51. The maximum atomic E-state index is 9.47. The average Bonchev–Trinajstić information content (AvgIpc) is 2.71. The van der Waals surface area contributed by atoms with Crippen LogP contribution in [0.5, 0.6) is 11.5 Å². The van der Waals surface area contributed by atoms with Crippen LogP contribution in [0.4, 0.5) is 5.69 Å². The predicted molar refractivity (Wildman–Crippen MR) is 80.3 cm³/mol. The number of benzene rings is 2. The smallest absolute Gasteiger partial charge is 0.128 e. The molecule has 0 aliphatic carbocycles. The fourth-order valence-electron chi connectivity index (χ4n) is 2.63. The van der Waals surface area contributed by atoms with Gasteiger partial charge in [0, 0.05) is 30.3 Å². The molecule has 0 aromatic heterocycles. The van der Waals surface area contributed by atoms with Crippen LogP contribution in [-0.4, -0.2) is 10.7 Å². The zero-order chi connectivity index (χ0) is 14.2. The number of nitrogens with one attached hydrogen (secondary N) is 1. The van der Waals surface area contributed by atoms with E-state index < -0.39 is 0 Å². The number of rotatable bonds is 3. The van der Waals surface area contributed by atoms with E-state index >= 15 is 0 Å². The van der Waals surface area contributed by atoms with Crippen molar-refractivity contribution < 1.29 is 9.84 Å². The van der Waals surface area contributed by atoms with Gasteiger partial charge < -0.3 is 15.2 Å². The molecule has 0 saturated carbocycles. The highest BCUT2D eigenvalue weighted by Gasteiger charge is 2.31. The van der Waals surface area contributed by atoms with Gasteiger partial charge in [0.2, 0.25) is 0 Å². The topological polar surface area (TPSA) is 41.5 Å². The number of aromatic hydroxyl groups is 1. The molecule has 1 aliphatic rings. The summed E-state index contributed by atoms with van der Waals surface area (Å²) < 4.78 is 6.05. The second-order valence-corrected chi connectivity index (χ2v) is 5.85. The standard InChI is InChI=1S/C17H19NO2/c1-17(2)10-12-5-3-6-13(16(12)20-17)11-18-14-7-4-8-15(19)9-14/h3-9,18-19H,10-11H2,1-2H3. The Morgan fingerprint density at radius 2 is 2.00 bits per heavy atom. The maximum absolute atomic E-state index is 9.47. The predicted octanol–water partition coefficient (Wildman–Crippen LogP) is 3.72. The second kappa shape index (κ2) is 4.75. The molecule has 2 aromatic rings. The van der Waals surface area contributed by atoms with Crippen molar-refractivity contribution in [2.24, 2.45) is 0 Å². The van der Waals surface area contributed by atoms with Crippen molar-refractivity contribution in [2.75, 3.05) is 5.32 Å². The highest BCUT2D eigenvalue weighted by atomic mass is 16.5. The number of fused-ring (bicyclic) bond motifs is 1. The fraction of sp³-hybridized carbons (Fsp3) is 0.294. The Labute approximate surface area is 119 Å². The molecule has 0 saturated heterocycles. The van der Waals surface area contributed by atoms with Gasteiger partial charge in [-0.25, -0.2) is 0 Å². The summed E-state index contributed by atoms with van der Waals surface area (Å²) in [5.41, 5.74) is 3.20. The number of hydrogen-bond acceptors (Lipinski definition) is 3. The Bertz CT molecular complexity index is 635. The molecule has 2 aromatic carbocycles. The largest absolute Gasteiger partial charge is 0.508 e. The summed E-state index contributed by atoms with van der Waals surface area (Å²) >= 11 is 0. The Balaban J connectivity index is 1.78. The van der Waals surface area contributed by atoms with Crippen LogP contribution in [0.3, 0.4) is 0 Å². The van der Waals surface area contributed by atoms with Gasteiger partial charge in [-0.15, -0.1) is 0 Å². The molecule has 0 atom stereocenters. The van der Waals surface area contributed by atoms with Gasteiger partial charge in [0.1, 0.15) is 17.1 Å².